The van der Waals surface area contributed by atoms with Gasteiger partial charge in [0, 0.05) is 0 Å². The van der Waals surface area contributed by atoms with Crippen molar-refractivity contribution in [3.05, 3.63) is 64.8 Å². The number of ether oxygens (including phenoxy) is 2. The maximum absolute atomic E-state index is 13.6. The van der Waals surface area contributed by atoms with Crippen LogP contribution in [0, 0.1) is 17.7 Å². The van der Waals surface area contributed by atoms with Gasteiger partial charge in [0.1, 0.15) is 5.82 Å². The summed E-state index contributed by atoms with van der Waals surface area (Å²) in [4.78, 5) is 0. The standard InChI is InChI=1S/C27H37FNO2/c1-19(2)27-21(9-10-22-18-23(28)11-12-24(22)27)14-16-29-15-6-5-7-20-8-13-25(30-3)26(17-20)31-4/h8,11-13,17-19,27,29H,5-7,9-10,14-16H2,1-4H3/t27-/m1/s1. The second kappa shape index (κ2) is 11.5. The molecule has 0 saturated heterocycles. The quantitative estimate of drug-likeness (QED) is 0.440. The highest BCUT2D eigenvalue weighted by Crippen LogP contribution is 2.44. The van der Waals surface area contributed by atoms with Crippen molar-refractivity contribution < 1.29 is 13.9 Å². The number of rotatable bonds is 11. The van der Waals surface area contributed by atoms with E-state index in [4.69, 9.17) is 9.47 Å². The van der Waals surface area contributed by atoms with Gasteiger partial charge in [-0.2, -0.15) is 0 Å². The molecule has 0 bridgehead atoms. The normalized spacial score (nSPS) is 16.4. The van der Waals surface area contributed by atoms with Crippen molar-refractivity contribution in [2.24, 2.45) is 5.92 Å². The maximum atomic E-state index is 13.6. The fourth-order valence-corrected chi connectivity index (χ4v) is 4.87. The second-order valence-corrected chi connectivity index (χ2v) is 8.87. The van der Waals surface area contributed by atoms with Crippen LogP contribution in [-0.4, -0.2) is 27.3 Å². The lowest BCUT2D eigenvalue weighted by atomic mass is 9.69. The van der Waals surface area contributed by atoms with Gasteiger partial charge in [-0.15, -0.1) is 0 Å². The molecule has 0 saturated carbocycles. The van der Waals surface area contributed by atoms with E-state index in [2.05, 4.69) is 31.3 Å². The zero-order valence-corrected chi connectivity index (χ0v) is 19.5. The highest BCUT2D eigenvalue weighted by Gasteiger charge is 2.31. The summed E-state index contributed by atoms with van der Waals surface area (Å²) < 4.78 is 24.3. The van der Waals surface area contributed by atoms with Crippen LogP contribution >= 0.6 is 0 Å². The van der Waals surface area contributed by atoms with Gasteiger partial charge in [-0.1, -0.05) is 26.0 Å². The van der Waals surface area contributed by atoms with Crippen LogP contribution in [0.2, 0.25) is 0 Å². The van der Waals surface area contributed by atoms with Crippen molar-refractivity contribution in [2.75, 3.05) is 27.3 Å². The average molecular weight is 427 g/mol. The summed E-state index contributed by atoms with van der Waals surface area (Å²) in [5.41, 5.74) is 3.82. The first kappa shape index (κ1) is 23.6. The Balaban J connectivity index is 1.39. The van der Waals surface area contributed by atoms with Crippen LogP contribution in [0.1, 0.15) is 62.1 Å². The minimum Gasteiger partial charge on any atom is -0.493 e. The predicted molar refractivity (Wildman–Crippen MR) is 126 cm³/mol. The van der Waals surface area contributed by atoms with Crippen molar-refractivity contribution in [3.63, 3.8) is 0 Å². The third kappa shape index (κ3) is 6.22. The van der Waals surface area contributed by atoms with E-state index in [1.165, 1.54) is 16.7 Å². The Hall–Kier alpha value is -2.07. The molecule has 0 spiro atoms. The minimum atomic E-state index is -0.112. The topological polar surface area (TPSA) is 30.5 Å². The molecule has 2 aromatic rings. The summed E-state index contributed by atoms with van der Waals surface area (Å²) in [5.74, 6) is 4.08. The molecule has 3 rings (SSSR count). The molecule has 0 fully saturated rings. The zero-order valence-electron chi connectivity index (χ0n) is 19.5. The van der Waals surface area contributed by atoms with Gasteiger partial charge in [-0.05, 0) is 110 Å². The summed E-state index contributed by atoms with van der Waals surface area (Å²) in [5, 5.41) is 3.63. The van der Waals surface area contributed by atoms with E-state index in [0.29, 0.717) is 11.8 Å². The van der Waals surface area contributed by atoms with E-state index in [1.807, 2.05) is 12.1 Å². The minimum absolute atomic E-state index is 0.112. The first-order valence-electron chi connectivity index (χ1n) is 11.6. The monoisotopic (exact) mass is 426 g/mol. The Morgan fingerprint density at radius 1 is 0.935 bits per heavy atom. The number of halogens is 1. The molecular weight excluding hydrogens is 389 g/mol. The Morgan fingerprint density at radius 2 is 1.74 bits per heavy atom. The number of methoxy groups -OCH3 is 2. The van der Waals surface area contributed by atoms with Gasteiger partial charge in [0.25, 0.3) is 0 Å². The summed E-state index contributed by atoms with van der Waals surface area (Å²) in [6, 6.07) is 11.5. The summed E-state index contributed by atoms with van der Waals surface area (Å²) in [7, 11) is 3.34. The lowest BCUT2D eigenvalue weighted by molar-refractivity contribution is 0.354. The van der Waals surface area contributed by atoms with E-state index >= 15 is 0 Å². The molecule has 1 aliphatic carbocycles. The van der Waals surface area contributed by atoms with Crippen molar-refractivity contribution in [2.45, 2.75) is 58.3 Å². The molecule has 1 N–H and O–H groups in total. The first-order chi connectivity index (χ1) is 15.0. The van der Waals surface area contributed by atoms with Gasteiger partial charge in [-0.25, -0.2) is 4.39 Å². The van der Waals surface area contributed by atoms with Crippen LogP contribution in [0.4, 0.5) is 4.39 Å². The second-order valence-electron chi connectivity index (χ2n) is 8.87. The Kier molecular flexibility index (Phi) is 8.77. The zero-order chi connectivity index (χ0) is 22.2. The Labute approximate surface area is 187 Å². The van der Waals surface area contributed by atoms with Crippen molar-refractivity contribution >= 4 is 0 Å². The van der Waals surface area contributed by atoms with Crippen LogP contribution in [-0.2, 0) is 12.8 Å². The Morgan fingerprint density at radius 3 is 2.48 bits per heavy atom. The van der Waals surface area contributed by atoms with Gasteiger partial charge in [-0.3, -0.25) is 0 Å². The van der Waals surface area contributed by atoms with Gasteiger partial charge in [0.05, 0.1) is 14.2 Å². The number of fused-ring (bicyclic) bond motifs is 1. The summed E-state index contributed by atoms with van der Waals surface area (Å²) in [6.07, 6.45) is 6.50. The van der Waals surface area contributed by atoms with E-state index < -0.39 is 0 Å². The van der Waals surface area contributed by atoms with Crippen LogP contribution < -0.4 is 14.8 Å². The molecule has 2 aromatic carbocycles. The molecule has 0 unspecified atom stereocenters. The van der Waals surface area contributed by atoms with E-state index in [0.717, 1.165) is 63.1 Å². The smallest absolute Gasteiger partial charge is 0.160 e. The number of aryl methyl sites for hydroxylation is 2. The number of hydrogen-bond donors (Lipinski definition) is 1. The fourth-order valence-electron chi connectivity index (χ4n) is 4.87. The van der Waals surface area contributed by atoms with E-state index in [9.17, 15) is 4.39 Å². The predicted octanol–water partition coefficient (Wildman–Crippen LogP) is 6.11. The van der Waals surface area contributed by atoms with Crippen LogP contribution in [0.5, 0.6) is 11.5 Å². The molecule has 1 aliphatic rings. The average Bonchev–Trinajstić information content (AvgIpc) is 2.77. The van der Waals surface area contributed by atoms with Crippen LogP contribution in [0.3, 0.4) is 0 Å². The van der Waals surface area contributed by atoms with Crippen molar-refractivity contribution in [1.29, 1.82) is 0 Å². The molecule has 1 atom stereocenters. The summed E-state index contributed by atoms with van der Waals surface area (Å²) >= 11 is 0. The first-order valence-corrected chi connectivity index (χ1v) is 11.6. The van der Waals surface area contributed by atoms with E-state index in [1.54, 1.807) is 32.3 Å². The van der Waals surface area contributed by atoms with Crippen LogP contribution in [0.25, 0.3) is 0 Å². The van der Waals surface area contributed by atoms with Gasteiger partial charge < -0.3 is 14.8 Å². The maximum Gasteiger partial charge on any atom is 0.160 e. The fraction of sp³-hybridized carbons (Fsp3) is 0.519. The molecule has 0 aromatic heterocycles. The molecule has 0 amide bonds. The SMILES string of the molecule is COc1ccc(CCCCNCC[C]2CCc3cc(F)ccc3[C@@H]2C(C)C)cc1OC. The molecule has 0 aliphatic heterocycles. The molecule has 31 heavy (non-hydrogen) atoms. The molecule has 3 nitrogen and oxygen atoms in total. The molecule has 0 heterocycles. The molecule has 1 radical (unpaired) electrons. The third-order valence-electron chi connectivity index (χ3n) is 6.40. The van der Waals surface area contributed by atoms with Crippen LogP contribution in [0.15, 0.2) is 36.4 Å². The number of benzene rings is 2. The highest BCUT2D eigenvalue weighted by molar-refractivity contribution is 5.43. The van der Waals surface area contributed by atoms with Crippen molar-refractivity contribution in [1.82, 2.24) is 5.32 Å². The summed E-state index contributed by atoms with van der Waals surface area (Å²) in [6.45, 7) is 6.62. The van der Waals surface area contributed by atoms with Gasteiger partial charge in [0.2, 0.25) is 0 Å². The van der Waals surface area contributed by atoms with Crippen molar-refractivity contribution in [3.8, 4) is 11.5 Å². The van der Waals surface area contributed by atoms with Gasteiger partial charge in [0.15, 0.2) is 11.5 Å². The third-order valence-corrected chi connectivity index (χ3v) is 6.40. The lowest BCUT2D eigenvalue weighted by Crippen LogP contribution is -2.27. The van der Waals surface area contributed by atoms with E-state index in [-0.39, 0.29) is 5.82 Å². The van der Waals surface area contributed by atoms with Gasteiger partial charge >= 0.3 is 0 Å². The number of nitrogens with one attached hydrogen (secondary N) is 1. The molecule has 4 heteroatoms. The lowest BCUT2D eigenvalue weighted by Gasteiger charge is -2.36. The largest absolute Gasteiger partial charge is 0.493 e. The molecular formula is C27H37FNO2. The number of unbranched alkanes of at least 4 members (excludes halogenated alkanes) is 1. The highest BCUT2D eigenvalue weighted by atomic mass is 19.1. The number of hydrogen-bond acceptors (Lipinski definition) is 3. The Bertz CT molecular complexity index is 836. The molecule has 169 valence electrons.